The molecule has 0 aliphatic heterocycles. The summed E-state index contributed by atoms with van der Waals surface area (Å²) < 4.78 is 5.91. The maximum absolute atomic E-state index is 5.91. The number of ether oxygens (including phenoxy) is 1. The maximum Gasteiger partial charge on any atom is 0.191 e. The fraction of sp³-hybridized carbons (Fsp3) is 0.933. The highest BCUT2D eigenvalue weighted by atomic mass is 32.2. The van der Waals surface area contributed by atoms with Crippen LogP contribution in [0.5, 0.6) is 0 Å². The number of nitrogens with zero attached hydrogens (tertiary/aromatic N) is 1. The van der Waals surface area contributed by atoms with Gasteiger partial charge in [0, 0.05) is 32.0 Å². The Bertz CT molecular complexity index is 268. The molecular formula is C15H31N3OS. The standard InChI is InChI=1S/C15H31N3OS/c1-13(20-3)12-18-15(16-2)17-10-7-11-19-14-8-5-4-6-9-14/h13-14H,4-12H2,1-3H3,(H2,16,17,18). The second-order valence-corrected chi connectivity index (χ2v) is 6.69. The fourth-order valence-corrected chi connectivity index (χ4v) is 2.56. The summed E-state index contributed by atoms with van der Waals surface area (Å²) >= 11 is 1.86. The van der Waals surface area contributed by atoms with Crippen molar-refractivity contribution in [3.8, 4) is 0 Å². The smallest absolute Gasteiger partial charge is 0.191 e. The van der Waals surface area contributed by atoms with Crippen LogP contribution in [-0.4, -0.2) is 50.3 Å². The van der Waals surface area contributed by atoms with Crippen molar-refractivity contribution in [3.63, 3.8) is 0 Å². The summed E-state index contributed by atoms with van der Waals surface area (Å²) in [6.07, 6.45) is 10.3. The predicted molar refractivity (Wildman–Crippen MR) is 89.8 cm³/mol. The van der Waals surface area contributed by atoms with Crippen LogP contribution in [0.4, 0.5) is 0 Å². The van der Waals surface area contributed by atoms with E-state index in [4.69, 9.17) is 4.74 Å². The minimum atomic E-state index is 0.517. The van der Waals surface area contributed by atoms with Crippen LogP contribution in [0.1, 0.15) is 45.4 Å². The number of hydrogen-bond donors (Lipinski definition) is 2. The van der Waals surface area contributed by atoms with E-state index in [0.717, 1.165) is 32.1 Å². The van der Waals surface area contributed by atoms with Gasteiger partial charge in [-0.15, -0.1) is 0 Å². The highest BCUT2D eigenvalue weighted by Crippen LogP contribution is 2.20. The van der Waals surface area contributed by atoms with Gasteiger partial charge in [0.1, 0.15) is 0 Å². The molecule has 0 radical (unpaired) electrons. The molecule has 2 N–H and O–H groups in total. The third kappa shape index (κ3) is 8.00. The van der Waals surface area contributed by atoms with E-state index in [1.54, 1.807) is 0 Å². The van der Waals surface area contributed by atoms with Crippen molar-refractivity contribution < 1.29 is 4.74 Å². The van der Waals surface area contributed by atoms with Crippen molar-refractivity contribution in [2.24, 2.45) is 4.99 Å². The lowest BCUT2D eigenvalue weighted by molar-refractivity contribution is 0.0277. The Morgan fingerprint density at radius 1 is 1.30 bits per heavy atom. The number of rotatable bonds is 8. The van der Waals surface area contributed by atoms with Gasteiger partial charge in [-0.05, 0) is 25.5 Å². The molecule has 0 amide bonds. The summed E-state index contributed by atoms with van der Waals surface area (Å²) in [5.74, 6) is 0.892. The summed E-state index contributed by atoms with van der Waals surface area (Å²) in [6.45, 7) is 4.93. The van der Waals surface area contributed by atoms with E-state index < -0.39 is 0 Å². The van der Waals surface area contributed by atoms with Crippen LogP contribution in [0.2, 0.25) is 0 Å². The molecule has 118 valence electrons. The Morgan fingerprint density at radius 2 is 2.05 bits per heavy atom. The molecule has 0 aromatic heterocycles. The third-order valence-electron chi connectivity index (χ3n) is 3.70. The lowest BCUT2D eigenvalue weighted by atomic mass is 9.98. The Morgan fingerprint density at radius 3 is 2.70 bits per heavy atom. The Balaban J connectivity index is 2.00. The van der Waals surface area contributed by atoms with Gasteiger partial charge in [-0.25, -0.2) is 0 Å². The first-order chi connectivity index (χ1) is 9.76. The molecule has 0 spiro atoms. The van der Waals surface area contributed by atoms with Crippen molar-refractivity contribution >= 4 is 17.7 Å². The topological polar surface area (TPSA) is 45.7 Å². The molecule has 5 heteroatoms. The van der Waals surface area contributed by atoms with Crippen LogP contribution in [0.25, 0.3) is 0 Å². The van der Waals surface area contributed by atoms with Gasteiger partial charge in [-0.1, -0.05) is 26.2 Å². The summed E-state index contributed by atoms with van der Waals surface area (Å²) in [7, 11) is 1.82. The Labute approximate surface area is 128 Å². The number of hydrogen-bond acceptors (Lipinski definition) is 3. The largest absolute Gasteiger partial charge is 0.378 e. The first kappa shape index (κ1) is 17.6. The summed E-state index contributed by atoms with van der Waals surface area (Å²) in [4.78, 5) is 4.23. The molecule has 1 unspecified atom stereocenters. The monoisotopic (exact) mass is 301 g/mol. The van der Waals surface area contributed by atoms with E-state index in [1.807, 2.05) is 18.8 Å². The molecule has 20 heavy (non-hydrogen) atoms. The Kier molecular flexibility index (Phi) is 9.93. The summed E-state index contributed by atoms with van der Waals surface area (Å²) in [5, 5.41) is 7.27. The summed E-state index contributed by atoms with van der Waals surface area (Å²) in [6, 6.07) is 0. The number of nitrogens with one attached hydrogen (secondary N) is 2. The van der Waals surface area contributed by atoms with Gasteiger partial charge in [0.25, 0.3) is 0 Å². The molecule has 0 heterocycles. The molecule has 1 atom stereocenters. The van der Waals surface area contributed by atoms with Gasteiger partial charge in [0.2, 0.25) is 0 Å². The average Bonchev–Trinajstić information content (AvgIpc) is 2.50. The molecular weight excluding hydrogens is 270 g/mol. The minimum absolute atomic E-state index is 0.517. The molecule has 1 rings (SSSR count). The van der Waals surface area contributed by atoms with Crippen LogP contribution in [-0.2, 0) is 4.74 Å². The maximum atomic E-state index is 5.91. The zero-order chi connectivity index (χ0) is 14.6. The van der Waals surface area contributed by atoms with Gasteiger partial charge in [-0.3, -0.25) is 4.99 Å². The second-order valence-electron chi connectivity index (χ2n) is 5.41. The lowest BCUT2D eigenvalue weighted by Gasteiger charge is -2.22. The van der Waals surface area contributed by atoms with E-state index in [0.29, 0.717) is 11.4 Å². The average molecular weight is 301 g/mol. The normalized spacial score (nSPS) is 18.9. The highest BCUT2D eigenvalue weighted by Gasteiger charge is 2.12. The quantitative estimate of drug-likeness (QED) is 0.411. The molecule has 1 saturated carbocycles. The van der Waals surface area contributed by atoms with Gasteiger partial charge >= 0.3 is 0 Å². The van der Waals surface area contributed by atoms with Crippen LogP contribution in [0, 0.1) is 0 Å². The molecule has 0 aromatic rings. The number of thioether (sulfide) groups is 1. The zero-order valence-electron chi connectivity index (χ0n) is 13.3. The van der Waals surface area contributed by atoms with Gasteiger partial charge in [-0.2, -0.15) is 11.8 Å². The molecule has 0 saturated heterocycles. The highest BCUT2D eigenvalue weighted by molar-refractivity contribution is 7.99. The van der Waals surface area contributed by atoms with Crippen molar-refractivity contribution in [3.05, 3.63) is 0 Å². The van der Waals surface area contributed by atoms with E-state index >= 15 is 0 Å². The van der Waals surface area contributed by atoms with E-state index in [-0.39, 0.29) is 0 Å². The predicted octanol–water partition coefficient (Wildman–Crippen LogP) is 2.64. The van der Waals surface area contributed by atoms with Crippen LogP contribution < -0.4 is 10.6 Å². The fourth-order valence-electron chi connectivity index (χ4n) is 2.31. The van der Waals surface area contributed by atoms with Crippen molar-refractivity contribution in [1.82, 2.24) is 10.6 Å². The number of guanidine groups is 1. The second kappa shape index (κ2) is 11.3. The van der Waals surface area contributed by atoms with Gasteiger partial charge in [0.15, 0.2) is 5.96 Å². The van der Waals surface area contributed by atoms with Crippen molar-refractivity contribution in [1.29, 1.82) is 0 Å². The molecule has 1 aliphatic carbocycles. The van der Waals surface area contributed by atoms with E-state index in [9.17, 15) is 0 Å². The summed E-state index contributed by atoms with van der Waals surface area (Å²) in [5.41, 5.74) is 0. The van der Waals surface area contributed by atoms with Crippen LogP contribution in [0.15, 0.2) is 4.99 Å². The molecule has 0 aromatic carbocycles. The molecule has 4 nitrogen and oxygen atoms in total. The van der Waals surface area contributed by atoms with Crippen LogP contribution >= 0.6 is 11.8 Å². The van der Waals surface area contributed by atoms with Gasteiger partial charge in [0.05, 0.1) is 6.10 Å². The Hall–Kier alpha value is -0.420. The molecule has 1 aliphatic rings. The zero-order valence-corrected chi connectivity index (χ0v) is 14.1. The van der Waals surface area contributed by atoms with Gasteiger partial charge < -0.3 is 15.4 Å². The van der Waals surface area contributed by atoms with Crippen molar-refractivity contribution in [2.45, 2.75) is 56.8 Å². The third-order valence-corrected chi connectivity index (χ3v) is 4.67. The SMILES string of the molecule is CN=C(NCCCOC1CCCCC1)NCC(C)SC. The van der Waals surface area contributed by atoms with E-state index in [1.165, 1.54) is 32.1 Å². The number of aliphatic imine (C=N–C) groups is 1. The molecule has 1 fully saturated rings. The first-order valence-electron chi connectivity index (χ1n) is 7.85. The van der Waals surface area contributed by atoms with Crippen molar-refractivity contribution in [2.75, 3.05) is 33.0 Å². The van der Waals surface area contributed by atoms with Crippen LogP contribution in [0.3, 0.4) is 0 Å². The van der Waals surface area contributed by atoms with E-state index in [2.05, 4.69) is 28.8 Å². The minimum Gasteiger partial charge on any atom is -0.378 e. The lowest BCUT2D eigenvalue weighted by Crippen LogP contribution is -2.40. The first-order valence-corrected chi connectivity index (χ1v) is 9.14. The molecule has 0 bridgehead atoms.